The normalized spacial score (nSPS) is 10.5. The molecule has 2 aromatic carbocycles. The fourth-order valence-electron chi connectivity index (χ4n) is 2.05. The molecule has 0 aliphatic carbocycles. The second-order valence-electron chi connectivity index (χ2n) is 4.92. The number of benzene rings is 2. The minimum atomic E-state index is 0.640. The number of nitrogens with zero attached hydrogens (tertiary/aromatic N) is 2. The van der Waals surface area contributed by atoms with Gasteiger partial charge in [0.25, 0.3) is 0 Å². The largest absolute Gasteiger partial charge is 0.385 e. The van der Waals surface area contributed by atoms with Gasteiger partial charge in [0.2, 0.25) is 11.7 Å². The van der Waals surface area contributed by atoms with Crippen LogP contribution in [-0.2, 0) is 6.42 Å². The van der Waals surface area contributed by atoms with Gasteiger partial charge >= 0.3 is 0 Å². The molecule has 4 nitrogen and oxygen atoms in total. The van der Waals surface area contributed by atoms with Gasteiger partial charge in [-0.3, -0.25) is 0 Å². The summed E-state index contributed by atoms with van der Waals surface area (Å²) in [7, 11) is 0. The molecule has 1 heterocycles. The summed E-state index contributed by atoms with van der Waals surface area (Å²) < 4.78 is 5.28. The van der Waals surface area contributed by atoms with Gasteiger partial charge in [-0.25, -0.2) is 0 Å². The van der Waals surface area contributed by atoms with E-state index >= 15 is 0 Å². The summed E-state index contributed by atoms with van der Waals surface area (Å²) >= 11 is 0. The Labute approximate surface area is 123 Å². The Morgan fingerprint density at radius 2 is 1.76 bits per heavy atom. The van der Waals surface area contributed by atoms with Gasteiger partial charge in [-0.1, -0.05) is 53.2 Å². The Morgan fingerprint density at radius 1 is 1.00 bits per heavy atom. The van der Waals surface area contributed by atoms with E-state index in [2.05, 4.69) is 46.6 Å². The number of hydrogen-bond donors (Lipinski definition) is 1. The van der Waals surface area contributed by atoms with Gasteiger partial charge in [-0.2, -0.15) is 4.98 Å². The van der Waals surface area contributed by atoms with E-state index in [-0.39, 0.29) is 0 Å². The van der Waals surface area contributed by atoms with Crippen molar-refractivity contribution in [3.05, 3.63) is 66.1 Å². The SMILES string of the molecule is Cc1ccc(NCCc2nc(-c3ccccc3)no2)cc1. The fourth-order valence-corrected chi connectivity index (χ4v) is 2.05. The molecule has 0 saturated carbocycles. The zero-order valence-electron chi connectivity index (χ0n) is 11.9. The minimum absolute atomic E-state index is 0.640. The zero-order valence-corrected chi connectivity index (χ0v) is 11.9. The Kier molecular flexibility index (Phi) is 3.96. The summed E-state index contributed by atoms with van der Waals surface area (Å²) in [6.45, 7) is 2.84. The molecule has 0 spiro atoms. The molecule has 0 bridgehead atoms. The highest BCUT2D eigenvalue weighted by atomic mass is 16.5. The van der Waals surface area contributed by atoms with Crippen LogP contribution in [0.15, 0.2) is 59.1 Å². The standard InChI is InChI=1S/C17H17N3O/c1-13-7-9-15(10-8-13)18-12-11-16-19-17(20-21-16)14-5-3-2-4-6-14/h2-10,18H,11-12H2,1H3. The van der Waals surface area contributed by atoms with Crippen LogP contribution in [0.1, 0.15) is 11.5 Å². The third-order valence-electron chi connectivity index (χ3n) is 3.22. The first-order valence-corrected chi connectivity index (χ1v) is 7.00. The van der Waals surface area contributed by atoms with Crippen LogP contribution in [0.5, 0.6) is 0 Å². The molecular formula is C17H17N3O. The van der Waals surface area contributed by atoms with Gasteiger partial charge in [0.1, 0.15) is 0 Å². The molecule has 0 radical (unpaired) electrons. The van der Waals surface area contributed by atoms with E-state index in [9.17, 15) is 0 Å². The van der Waals surface area contributed by atoms with Crippen LogP contribution in [-0.4, -0.2) is 16.7 Å². The monoisotopic (exact) mass is 279 g/mol. The van der Waals surface area contributed by atoms with Gasteiger partial charge in [-0.15, -0.1) is 0 Å². The second-order valence-corrected chi connectivity index (χ2v) is 4.92. The summed E-state index contributed by atoms with van der Waals surface area (Å²) in [5.74, 6) is 1.29. The van der Waals surface area contributed by atoms with Crippen molar-refractivity contribution < 1.29 is 4.52 Å². The lowest BCUT2D eigenvalue weighted by Gasteiger charge is -2.04. The predicted molar refractivity (Wildman–Crippen MR) is 83.1 cm³/mol. The highest BCUT2D eigenvalue weighted by Crippen LogP contribution is 2.15. The quantitative estimate of drug-likeness (QED) is 0.773. The van der Waals surface area contributed by atoms with Crippen LogP contribution in [0, 0.1) is 6.92 Å². The number of nitrogens with one attached hydrogen (secondary N) is 1. The molecule has 1 aromatic heterocycles. The van der Waals surface area contributed by atoms with E-state index < -0.39 is 0 Å². The van der Waals surface area contributed by atoms with E-state index in [0.29, 0.717) is 18.1 Å². The van der Waals surface area contributed by atoms with Crippen LogP contribution in [0.25, 0.3) is 11.4 Å². The van der Waals surface area contributed by atoms with Crippen molar-refractivity contribution in [1.82, 2.24) is 10.1 Å². The van der Waals surface area contributed by atoms with E-state index in [0.717, 1.165) is 17.8 Å². The van der Waals surface area contributed by atoms with E-state index in [1.54, 1.807) is 0 Å². The van der Waals surface area contributed by atoms with Gasteiger partial charge in [-0.05, 0) is 19.1 Å². The smallest absolute Gasteiger partial charge is 0.228 e. The van der Waals surface area contributed by atoms with Crippen molar-refractivity contribution >= 4 is 5.69 Å². The van der Waals surface area contributed by atoms with Crippen molar-refractivity contribution in [3.63, 3.8) is 0 Å². The molecule has 4 heteroatoms. The maximum atomic E-state index is 5.28. The lowest BCUT2D eigenvalue weighted by atomic mass is 10.2. The molecule has 0 aliphatic heterocycles. The van der Waals surface area contributed by atoms with Crippen molar-refractivity contribution in [1.29, 1.82) is 0 Å². The topological polar surface area (TPSA) is 51.0 Å². The molecule has 21 heavy (non-hydrogen) atoms. The van der Waals surface area contributed by atoms with E-state index in [1.165, 1.54) is 5.56 Å². The number of aromatic nitrogens is 2. The molecule has 3 rings (SSSR count). The molecule has 0 fully saturated rings. The molecule has 0 amide bonds. The lowest BCUT2D eigenvalue weighted by Crippen LogP contribution is -2.04. The molecule has 3 aromatic rings. The zero-order chi connectivity index (χ0) is 14.5. The van der Waals surface area contributed by atoms with E-state index in [1.807, 2.05) is 30.3 Å². The minimum Gasteiger partial charge on any atom is -0.385 e. The third-order valence-corrected chi connectivity index (χ3v) is 3.22. The van der Waals surface area contributed by atoms with Crippen molar-refractivity contribution in [2.24, 2.45) is 0 Å². The van der Waals surface area contributed by atoms with Gasteiger partial charge in [0, 0.05) is 24.2 Å². The van der Waals surface area contributed by atoms with Crippen LogP contribution >= 0.6 is 0 Å². The lowest BCUT2D eigenvalue weighted by molar-refractivity contribution is 0.381. The van der Waals surface area contributed by atoms with Crippen LogP contribution in [0.2, 0.25) is 0 Å². The Hall–Kier alpha value is -2.62. The summed E-state index contributed by atoms with van der Waals surface area (Å²) in [5, 5.41) is 7.35. The second kappa shape index (κ2) is 6.22. The number of rotatable bonds is 5. The fraction of sp³-hybridized carbons (Fsp3) is 0.176. The Morgan fingerprint density at radius 3 is 2.52 bits per heavy atom. The molecule has 106 valence electrons. The highest BCUT2D eigenvalue weighted by Gasteiger charge is 2.07. The van der Waals surface area contributed by atoms with Gasteiger partial charge in [0.05, 0.1) is 0 Å². The van der Waals surface area contributed by atoms with Crippen LogP contribution < -0.4 is 5.32 Å². The number of aryl methyl sites for hydroxylation is 1. The maximum Gasteiger partial charge on any atom is 0.228 e. The van der Waals surface area contributed by atoms with Crippen LogP contribution in [0.4, 0.5) is 5.69 Å². The summed E-state index contributed by atoms with van der Waals surface area (Å²) in [5.41, 5.74) is 3.33. The molecule has 0 atom stereocenters. The predicted octanol–water partition coefficient (Wildman–Crippen LogP) is 3.70. The number of anilines is 1. The first-order valence-electron chi connectivity index (χ1n) is 7.00. The maximum absolute atomic E-state index is 5.28. The van der Waals surface area contributed by atoms with Crippen molar-refractivity contribution in [2.75, 3.05) is 11.9 Å². The van der Waals surface area contributed by atoms with Crippen LogP contribution in [0.3, 0.4) is 0 Å². The summed E-state index contributed by atoms with van der Waals surface area (Å²) in [6.07, 6.45) is 0.702. The summed E-state index contributed by atoms with van der Waals surface area (Å²) in [6, 6.07) is 18.1. The highest BCUT2D eigenvalue weighted by molar-refractivity contribution is 5.53. The third kappa shape index (κ3) is 3.48. The van der Waals surface area contributed by atoms with Gasteiger partial charge in [0.15, 0.2) is 0 Å². The Balaban J connectivity index is 1.57. The van der Waals surface area contributed by atoms with E-state index in [4.69, 9.17) is 4.52 Å². The first kappa shape index (κ1) is 13.4. The van der Waals surface area contributed by atoms with Crippen molar-refractivity contribution in [2.45, 2.75) is 13.3 Å². The summed E-state index contributed by atoms with van der Waals surface area (Å²) in [4.78, 5) is 4.41. The molecule has 1 N–H and O–H groups in total. The molecule has 0 aliphatic rings. The molecule has 0 unspecified atom stereocenters. The van der Waals surface area contributed by atoms with Crippen molar-refractivity contribution in [3.8, 4) is 11.4 Å². The average molecular weight is 279 g/mol. The Bertz CT molecular complexity index is 690. The molecule has 0 saturated heterocycles. The average Bonchev–Trinajstić information content (AvgIpc) is 2.99. The first-order chi connectivity index (χ1) is 10.3. The number of hydrogen-bond acceptors (Lipinski definition) is 4. The van der Waals surface area contributed by atoms with Gasteiger partial charge < -0.3 is 9.84 Å². The molecular weight excluding hydrogens is 262 g/mol.